The minimum Gasteiger partial charge on any atom is -0.338 e. The highest BCUT2D eigenvalue weighted by Crippen LogP contribution is 2.31. The Labute approximate surface area is 120 Å². The Hall–Kier alpha value is -1.58. The summed E-state index contributed by atoms with van der Waals surface area (Å²) in [5.74, 6) is 0.349. The summed E-state index contributed by atoms with van der Waals surface area (Å²) in [6, 6.07) is 6.55. The summed E-state index contributed by atoms with van der Waals surface area (Å²) in [7, 11) is 0. The largest absolute Gasteiger partial charge is 0.338 e. The van der Waals surface area contributed by atoms with Crippen LogP contribution in [0.2, 0.25) is 0 Å². The molecule has 1 saturated heterocycles. The molecule has 1 atom stereocenters. The van der Waals surface area contributed by atoms with Crippen molar-refractivity contribution in [1.29, 1.82) is 0 Å². The van der Waals surface area contributed by atoms with Gasteiger partial charge in [0.1, 0.15) is 5.82 Å². The number of carbonyl (C=O) groups excluding carboxylic acids is 1. The van der Waals surface area contributed by atoms with Crippen molar-refractivity contribution in [3.05, 3.63) is 35.6 Å². The fourth-order valence-electron chi connectivity index (χ4n) is 2.61. The number of nitrogens with zero attached hydrogens (tertiary/aromatic N) is 1. The van der Waals surface area contributed by atoms with E-state index in [9.17, 15) is 9.18 Å². The molecule has 2 rings (SSSR count). The SMILES string of the molecule is CC(C)CCNC(=O)N1CCC[C@@H]1c1ccc(F)cc1. The maximum absolute atomic E-state index is 13.0. The monoisotopic (exact) mass is 278 g/mol. The van der Waals surface area contributed by atoms with Crippen LogP contribution in [0.15, 0.2) is 24.3 Å². The highest BCUT2D eigenvalue weighted by molar-refractivity contribution is 5.75. The molecule has 2 amide bonds. The van der Waals surface area contributed by atoms with Gasteiger partial charge in [-0.2, -0.15) is 0 Å². The van der Waals surface area contributed by atoms with E-state index in [0.717, 1.165) is 31.4 Å². The van der Waals surface area contributed by atoms with Crippen molar-refractivity contribution in [2.75, 3.05) is 13.1 Å². The van der Waals surface area contributed by atoms with E-state index in [-0.39, 0.29) is 17.9 Å². The maximum atomic E-state index is 13.0. The molecule has 20 heavy (non-hydrogen) atoms. The Morgan fingerprint density at radius 2 is 2.10 bits per heavy atom. The standard InChI is InChI=1S/C16H23FN2O/c1-12(2)9-10-18-16(20)19-11-3-4-15(19)13-5-7-14(17)8-6-13/h5-8,12,15H,3-4,9-11H2,1-2H3,(H,18,20)/t15-/m1/s1. The van der Waals surface area contributed by atoms with E-state index in [1.807, 2.05) is 4.90 Å². The number of hydrogen-bond acceptors (Lipinski definition) is 1. The Balaban J connectivity index is 1.96. The van der Waals surface area contributed by atoms with Crippen molar-refractivity contribution < 1.29 is 9.18 Å². The summed E-state index contributed by atoms with van der Waals surface area (Å²) < 4.78 is 13.0. The van der Waals surface area contributed by atoms with Crippen molar-refractivity contribution in [3.63, 3.8) is 0 Å². The van der Waals surface area contributed by atoms with Gasteiger partial charge in [0.25, 0.3) is 0 Å². The molecule has 3 nitrogen and oxygen atoms in total. The Kier molecular flexibility index (Phi) is 4.99. The fourth-order valence-corrected chi connectivity index (χ4v) is 2.61. The zero-order chi connectivity index (χ0) is 14.5. The summed E-state index contributed by atoms with van der Waals surface area (Å²) in [4.78, 5) is 14.1. The van der Waals surface area contributed by atoms with E-state index in [4.69, 9.17) is 0 Å². The average molecular weight is 278 g/mol. The van der Waals surface area contributed by atoms with Crippen molar-refractivity contribution >= 4 is 6.03 Å². The fraction of sp³-hybridized carbons (Fsp3) is 0.562. The van der Waals surface area contributed by atoms with Gasteiger partial charge in [-0.15, -0.1) is 0 Å². The number of carbonyl (C=O) groups is 1. The van der Waals surface area contributed by atoms with Crippen LogP contribution in [0.3, 0.4) is 0 Å². The molecule has 1 aromatic carbocycles. The third-order valence-corrected chi connectivity index (χ3v) is 3.77. The normalized spacial score (nSPS) is 18.6. The molecule has 1 heterocycles. The maximum Gasteiger partial charge on any atom is 0.317 e. The topological polar surface area (TPSA) is 32.3 Å². The second-order valence-electron chi connectivity index (χ2n) is 5.82. The lowest BCUT2D eigenvalue weighted by atomic mass is 10.0. The van der Waals surface area contributed by atoms with Crippen LogP contribution in [-0.4, -0.2) is 24.0 Å². The van der Waals surface area contributed by atoms with Gasteiger partial charge >= 0.3 is 6.03 Å². The second-order valence-corrected chi connectivity index (χ2v) is 5.82. The first kappa shape index (κ1) is 14.8. The number of rotatable bonds is 4. The number of amides is 2. The number of urea groups is 1. The summed E-state index contributed by atoms with van der Waals surface area (Å²) in [5, 5.41) is 2.98. The van der Waals surface area contributed by atoms with Crippen LogP contribution in [0.1, 0.15) is 44.7 Å². The molecule has 1 fully saturated rings. The Morgan fingerprint density at radius 3 is 2.75 bits per heavy atom. The van der Waals surface area contributed by atoms with E-state index in [0.29, 0.717) is 12.5 Å². The molecule has 1 N–H and O–H groups in total. The van der Waals surface area contributed by atoms with Crippen LogP contribution in [0.25, 0.3) is 0 Å². The van der Waals surface area contributed by atoms with Gasteiger partial charge in [0, 0.05) is 13.1 Å². The third kappa shape index (κ3) is 3.71. The molecule has 1 aliphatic heterocycles. The van der Waals surface area contributed by atoms with Crippen molar-refractivity contribution in [2.24, 2.45) is 5.92 Å². The van der Waals surface area contributed by atoms with Crippen molar-refractivity contribution in [3.8, 4) is 0 Å². The lowest BCUT2D eigenvalue weighted by Gasteiger charge is -2.25. The van der Waals surface area contributed by atoms with Crippen LogP contribution >= 0.6 is 0 Å². The predicted molar refractivity (Wildman–Crippen MR) is 77.9 cm³/mol. The molecule has 110 valence electrons. The Bertz CT molecular complexity index is 444. The highest BCUT2D eigenvalue weighted by Gasteiger charge is 2.29. The molecule has 0 bridgehead atoms. The van der Waals surface area contributed by atoms with Gasteiger partial charge in [0.05, 0.1) is 6.04 Å². The van der Waals surface area contributed by atoms with Crippen LogP contribution in [0.5, 0.6) is 0 Å². The zero-order valence-electron chi connectivity index (χ0n) is 12.2. The number of likely N-dealkylation sites (tertiary alicyclic amines) is 1. The van der Waals surface area contributed by atoms with Crippen molar-refractivity contribution in [2.45, 2.75) is 39.2 Å². The highest BCUT2D eigenvalue weighted by atomic mass is 19.1. The second kappa shape index (κ2) is 6.73. The molecule has 0 unspecified atom stereocenters. The molecule has 0 spiro atoms. The van der Waals surface area contributed by atoms with E-state index < -0.39 is 0 Å². The minimum absolute atomic E-state index is 0.00234. The van der Waals surface area contributed by atoms with E-state index >= 15 is 0 Å². The average Bonchev–Trinajstić information content (AvgIpc) is 2.88. The number of nitrogens with one attached hydrogen (secondary N) is 1. The van der Waals surface area contributed by atoms with Gasteiger partial charge in [0.15, 0.2) is 0 Å². The zero-order valence-corrected chi connectivity index (χ0v) is 12.2. The molecular formula is C16H23FN2O. The molecule has 1 aliphatic rings. The Morgan fingerprint density at radius 1 is 1.40 bits per heavy atom. The number of hydrogen-bond donors (Lipinski definition) is 1. The predicted octanol–water partition coefficient (Wildman–Crippen LogP) is 3.72. The van der Waals surface area contributed by atoms with E-state index in [2.05, 4.69) is 19.2 Å². The van der Waals surface area contributed by atoms with E-state index in [1.54, 1.807) is 12.1 Å². The quantitative estimate of drug-likeness (QED) is 0.894. The molecular weight excluding hydrogens is 255 g/mol. The van der Waals surface area contributed by atoms with Crippen LogP contribution < -0.4 is 5.32 Å². The van der Waals surface area contributed by atoms with Crippen LogP contribution in [-0.2, 0) is 0 Å². The molecule has 0 radical (unpaired) electrons. The first-order valence-corrected chi connectivity index (χ1v) is 7.38. The van der Waals surface area contributed by atoms with Gasteiger partial charge in [-0.3, -0.25) is 0 Å². The van der Waals surface area contributed by atoms with Crippen LogP contribution in [0, 0.1) is 11.7 Å². The molecule has 1 aromatic rings. The van der Waals surface area contributed by atoms with Gasteiger partial charge in [-0.1, -0.05) is 26.0 Å². The van der Waals surface area contributed by atoms with Crippen molar-refractivity contribution in [1.82, 2.24) is 10.2 Å². The van der Waals surface area contributed by atoms with Gasteiger partial charge < -0.3 is 10.2 Å². The molecule has 0 aliphatic carbocycles. The van der Waals surface area contributed by atoms with Gasteiger partial charge in [0.2, 0.25) is 0 Å². The van der Waals surface area contributed by atoms with Gasteiger partial charge in [-0.05, 0) is 42.9 Å². The van der Waals surface area contributed by atoms with Gasteiger partial charge in [-0.25, -0.2) is 9.18 Å². The number of halogens is 1. The summed E-state index contributed by atoms with van der Waals surface area (Å²) in [6.07, 6.45) is 2.93. The summed E-state index contributed by atoms with van der Waals surface area (Å²) >= 11 is 0. The molecule has 0 aromatic heterocycles. The minimum atomic E-state index is -0.236. The third-order valence-electron chi connectivity index (χ3n) is 3.77. The number of benzene rings is 1. The van der Waals surface area contributed by atoms with Crippen LogP contribution in [0.4, 0.5) is 9.18 Å². The lowest BCUT2D eigenvalue weighted by molar-refractivity contribution is 0.192. The first-order valence-electron chi connectivity index (χ1n) is 7.38. The first-order chi connectivity index (χ1) is 9.58. The summed E-state index contributed by atoms with van der Waals surface area (Å²) in [6.45, 7) is 5.77. The summed E-state index contributed by atoms with van der Waals surface area (Å²) in [5.41, 5.74) is 1.02. The molecule has 4 heteroatoms. The van der Waals surface area contributed by atoms with E-state index in [1.165, 1.54) is 12.1 Å². The lowest BCUT2D eigenvalue weighted by Crippen LogP contribution is -2.40. The smallest absolute Gasteiger partial charge is 0.317 e. The molecule has 0 saturated carbocycles.